The smallest absolute Gasteiger partial charge is 0.262 e. The van der Waals surface area contributed by atoms with Gasteiger partial charge >= 0.3 is 0 Å². The largest absolute Gasteiger partial charge is 0.494 e. The minimum atomic E-state index is -0.273. The number of hydrogen-bond donors (Lipinski definition) is 1. The summed E-state index contributed by atoms with van der Waals surface area (Å²) in [6.45, 7) is 5.51. The topological polar surface area (TPSA) is 85.7 Å². The van der Waals surface area contributed by atoms with Crippen LogP contribution in [0.25, 0.3) is 22.3 Å². The molecule has 1 N–H and O–H groups in total. The van der Waals surface area contributed by atoms with Crippen molar-refractivity contribution in [1.82, 2.24) is 19.8 Å². The first-order chi connectivity index (χ1) is 17.6. The highest BCUT2D eigenvalue weighted by Crippen LogP contribution is 2.27. The number of morpholine rings is 1. The number of hydrogen-bond acceptors (Lipinski definition) is 6. The Morgan fingerprint density at radius 2 is 1.92 bits per heavy atom. The Hall–Kier alpha value is -2.94. The molecule has 0 spiro atoms. The Kier molecular flexibility index (Phi) is 7.84. The lowest BCUT2D eigenvalue weighted by Crippen LogP contribution is -2.37. The fraction of sp³-hybridized carbons (Fsp3) is 0.444. The van der Waals surface area contributed by atoms with E-state index in [0.29, 0.717) is 46.6 Å². The van der Waals surface area contributed by atoms with Gasteiger partial charge in [0.25, 0.3) is 5.56 Å². The molecule has 1 amide bonds. The average molecular weight is 511 g/mol. The molecule has 5 rings (SSSR count). The molecule has 1 saturated carbocycles. The molecular weight excluding hydrogens is 480 g/mol. The van der Waals surface area contributed by atoms with Gasteiger partial charge in [-0.25, -0.2) is 4.98 Å². The van der Waals surface area contributed by atoms with Gasteiger partial charge in [-0.15, -0.1) is 0 Å². The number of carbonyl (C=O) groups is 1. The number of aromatic nitrogens is 2. The maximum Gasteiger partial charge on any atom is 0.262 e. The highest BCUT2D eigenvalue weighted by atomic mass is 35.5. The van der Waals surface area contributed by atoms with E-state index in [-0.39, 0.29) is 18.0 Å². The van der Waals surface area contributed by atoms with Crippen molar-refractivity contribution in [3.8, 4) is 17.1 Å². The molecule has 8 nitrogen and oxygen atoms in total. The number of rotatable bonds is 10. The van der Waals surface area contributed by atoms with E-state index in [2.05, 4.69) is 10.2 Å². The second-order valence-corrected chi connectivity index (χ2v) is 9.85. The lowest BCUT2D eigenvalue weighted by atomic mass is 10.1. The van der Waals surface area contributed by atoms with Crippen molar-refractivity contribution < 1.29 is 14.3 Å². The second-order valence-electron chi connectivity index (χ2n) is 9.42. The van der Waals surface area contributed by atoms with Gasteiger partial charge < -0.3 is 14.8 Å². The molecule has 36 heavy (non-hydrogen) atoms. The number of halogens is 1. The molecule has 1 aliphatic carbocycles. The third kappa shape index (κ3) is 6.24. The zero-order chi connectivity index (χ0) is 24.9. The van der Waals surface area contributed by atoms with E-state index in [1.54, 1.807) is 36.4 Å². The molecule has 3 aromatic rings. The number of carbonyl (C=O) groups excluding carboxylic acids is 1. The SMILES string of the molecule is O=C(Cn1c(-c2ccc(Cl)cc2)nc2ccc(OCCCN3CCOCC3)cc2c1=O)NCC1CC1. The van der Waals surface area contributed by atoms with Gasteiger partial charge in [0, 0.05) is 36.8 Å². The summed E-state index contributed by atoms with van der Waals surface area (Å²) in [5.41, 5.74) is 1.00. The summed E-state index contributed by atoms with van der Waals surface area (Å²) in [5, 5.41) is 3.96. The predicted octanol–water partition coefficient (Wildman–Crippen LogP) is 3.34. The standard InChI is InChI=1S/C27H31ClN4O4/c28-21-6-4-20(5-7-21)26-30-24-9-8-22(36-13-1-10-31-11-14-35-15-12-31)16-23(24)27(34)32(26)18-25(33)29-17-19-2-3-19/h4-9,16,19H,1-3,10-15,17-18H2,(H,29,33). The lowest BCUT2D eigenvalue weighted by molar-refractivity contribution is -0.121. The Morgan fingerprint density at radius 1 is 1.14 bits per heavy atom. The fourth-order valence-corrected chi connectivity index (χ4v) is 4.46. The van der Waals surface area contributed by atoms with Crippen LogP contribution in [0.5, 0.6) is 5.75 Å². The first-order valence-electron chi connectivity index (χ1n) is 12.6. The first kappa shape index (κ1) is 24.7. The molecule has 2 aromatic carbocycles. The third-order valence-electron chi connectivity index (χ3n) is 6.61. The number of nitrogens with one attached hydrogen (secondary N) is 1. The van der Waals surface area contributed by atoms with Gasteiger partial charge in [-0.1, -0.05) is 11.6 Å². The molecule has 2 aliphatic rings. The van der Waals surface area contributed by atoms with Crippen molar-refractivity contribution in [2.24, 2.45) is 5.92 Å². The Labute approximate surface area is 215 Å². The van der Waals surface area contributed by atoms with E-state index in [1.807, 2.05) is 6.07 Å². The molecule has 2 fully saturated rings. The van der Waals surface area contributed by atoms with Crippen LogP contribution in [-0.2, 0) is 16.1 Å². The van der Waals surface area contributed by atoms with Crippen LogP contribution in [0.1, 0.15) is 19.3 Å². The predicted molar refractivity (Wildman–Crippen MR) is 140 cm³/mol. The highest BCUT2D eigenvalue weighted by Gasteiger charge is 2.22. The van der Waals surface area contributed by atoms with Crippen LogP contribution in [0.2, 0.25) is 5.02 Å². The van der Waals surface area contributed by atoms with Gasteiger partial charge in [-0.05, 0) is 67.6 Å². The van der Waals surface area contributed by atoms with Crippen LogP contribution in [0.4, 0.5) is 0 Å². The number of benzene rings is 2. The van der Waals surface area contributed by atoms with Gasteiger partial charge in [0.05, 0.1) is 30.7 Å². The van der Waals surface area contributed by atoms with Crippen LogP contribution < -0.4 is 15.6 Å². The van der Waals surface area contributed by atoms with Crippen LogP contribution in [0, 0.1) is 5.92 Å². The van der Waals surface area contributed by atoms with Crippen molar-refractivity contribution in [2.45, 2.75) is 25.8 Å². The molecule has 0 atom stereocenters. The summed E-state index contributed by atoms with van der Waals surface area (Å²) >= 11 is 6.06. The van der Waals surface area contributed by atoms with E-state index in [9.17, 15) is 9.59 Å². The van der Waals surface area contributed by atoms with Crippen molar-refractivity contribution in [3.05, 3.63) is 57.8 Å². The van der Waals surface area contributed by atoms with E-state index in [1.165, 1.54) is 4.57 Å². The molecule has 190 valence electrons. The average Bonchev–Trinajstić information content (AvgIpc) is 3.73. The van der Waals surface area contributed by atoms with Crippen LogP contribution in [0.15, 0.2) is 47.3 Å². The Bertz CT molecular complexity index is 1270. The molecule has 0 unspecified atom stereocenters. The quantitative estimate of drug-likeness (QED) is 0.421. The summed E-state index contributed by atoms with van der Waals surface area (Å²) in [6, 6.07) is 12.5. The van der Waals surface area contributed by atoms with Crippen molar-refractivity contribution >= 4 is 28.4 Å². The molecule has 0 radical (unpaired) electrons. The van der Waals surface area contributed by atoms with E-state index < -0.39 is 0 Å². The van der Waals surface area contributed by atoms with Gasteiger partial charge in [0.15, 0.2) is 0 Å². The lowest BCUT2D eigenvalue weighted by Gasteiger charge is -2.26. The van der Waals surface area contributed by atoms with Crippen molar-refractivity contribution in [2.75, 3.05) is 46.0 Å². The van der Waals surface area contributed by atoms with Crippen LogP contribution >= 0.6 is 11.6 Å². The highest BCUT2D eigenvalue weighted by molar-refractivity contribution is 6.30. The normalized spacial score (nSPS) is 16.2. The zero-order valence-electron chi connectivity index (χ0n) is 20.2. The van der Waals surface area contributed by atoms with Gasteiger partial charge in [-0.2, -0.15) is 0 Å². The van der Waals surface area contributed by atoms with E-state index >= 15 is 0 Å². The Balaban J connectivity index is 1.37. The van der Waals surface area contributed by atoms with Crippen LogP contribution in [0.3, 0.4) is 0 Å². The summed E-state index contributed by atoms with van der Waals surface area (Å²) < 4.78 is 12.8. The van der Waals surface area contributed by atoms with Gasteiger partial charge in [0.1, 0.15) is 18.1 Å². The molecule has 0 bridgehead atoms. The van der Waals surface area contributed by atoms with E-state index in [4.69, 9.17) is 26.1 Å². The van der Waals surface area contributed by atoms with Gasteiger partial charge in [0.2, 0.25) is 5.91 Å². The maximum atomic E-state index is 13.6. The Morgan fingerprint density at radius 3 is 2.67 bits per heavy atom. The molecule has 9 heteroatoms. The number of nitrogens with zero attached hydrogens (tertiary/aromatic N) is 3. The monoisotopic (exact) mass is 510 g/mol. The van der Waals surface area contributed by atoms with Crippen molar-refractivity contribution in [1.29, 1.82) is 0 Å². The summed E-state index contributed by atoms with van der Waals surface area (Å²) in [4.78, 5) is 33.4. The van der Waals surface area contributed by atoms with Crippen molar-refractivity contribution in [3.63, 3.8) is 0 Å². The first-order valence-corrected chi connectivity index (χ1v) is 12.9. The summed E-state index contributed by atoms with van der Waals surface area (Å²) in [5.74, 6) is 1.41. The molecule has 1 aromatic heterocycles. The number of ether oxygens (including phenoxy) is 2. The third-order valence-corrected chi connectivity index (χ3v) is 6.86. The maximum absolute atomic E-state index is 13.6. The summed E-state index contributed by atoms with van der Waals surface area (Å²) in [6.07, 6.45) is 3.17. The number of fused-ring (bicyclic) bond motifs is 1. The molecule has 1 aliphatic heterocycles. The molecule has 2 heterocycles. The summed E-state index contributed by atoms with van der Waals surface area (Å²) in [7, 11) is 0. The minimum Gasteiger partial charge on any atom is -0.494 e. The number of amides is 1. The second kappa shape index (κ2) is 11.4. The van der Waals surface area contributed by atoms with Crippen LogP contribution in [-0.4, -0.2) is 66.4 Å². The van der Waals surface area contributed by atoms with E-state index in [0.717, 1.165) is 57.7 Å². The molecule has 1 saturated heterocycles. The zero-order valence-corrected chi connectivity index (χ0v) is 21.0. The van der Waals surface area contributed by atoms with Gasteiger partial charge in [-0.3, -0.25) is 19.1 Å². The fourth-order valence-electron chi connectivity index (χ4n) is 4.34. The molecular formula is C27H31ClN4O4. The minimum absolute atomic E-state index is 0.100.